The number of nitrogens with zero attached hydrogens (tertiary/aromatic N) is 2. The highest BCUT2D eigenvalue weighted by Gasteiger charge is 2.15. The SMILES string of the molecule is [C-]#[N+]c1cncc(COc2cc(OCc3cccc(-c4cccc(C#C)c4C)c3C)c(Cl)cc2CCC[C@@H](O)COC=O)c1. The zero-order chi connectivity index (χ0) is 31.5. The molecule has 1 aromatic heterocycles. The summed E-state index contributed by atoms with van der Waals surface area (Å²) in [4.78, 5) is 18.0. The molecule has 0 unspecified atom stereocenters. The third-order valence-electron chi connectivity index (χ3n) is 7.37. The normalized spacial score (nSPS) is 11.2. The van der Waals surface area contributed by atoms with Gasteiger partial charge in [-0.1, -0.05) is 47.9 Å². The number of aryl methyl sites for hydroxylation is 1. The van der Waals surface area contributed by atoms with Crippen LogP contribution in [0.1, 0.15) is 46.2 Å². The highest BCUT2D eigenvalue weighted by molar-refractivity contribution is 6.32. The molecule has 0 aliphatic heterocycles. The minimum absolute atomic E-state index is 0.0552. The largest absolute Gasteiger partial charge is 0.488 e. The van der Waals surface area contributed by atoms with Crippen molar-refractivity contribution in [2.24, 2.45) is 0 Å². The molecule has 0 spiro atoms. The van der Waals surface area contributed by atoms with Crippen LogP contribution in [-0.4, -0.2) is 29.3 Å². The van der Waals surface area contributed by atoms with Gasteiger partial charge in [-0.05, 0) is 90.3 Å². The van der Waals surface area contributed by atoms with Crippen LogP contribution in [0.3, 0.4) is 0 Å². The summed E-state index contributed by atoms with van der Waals surface area (Å²) in [6.45, 7) is 12.1. The molecule has 0 saturated heterocycles. The number of carbonyl (C=O) groups excluding carboxylic acids is 1. The molecule has 0 fully saturated rings. The molecular formula is C36H33ClN2O5. The maximum absolute atomic E-state index is 10.4. The molecule has 8 heteroatoms. The van der Waals surface area contributed by atoms with Gasteiger partial charge in [-0.2, -0.15) is 0 Å². The van der Waals surface area contributed by atoms with Gasteiger partial charge in [0.25, 0.3) is 6.47 Å². The molecule has 3 aromatic carbocycles. The molecule has 1 atom stereocenters. The van der Waals surface area contributed by atoms with Crippen LogP contribution in [0.15, 0.2) is 67.0 Å². The lowest BCUT2D eigenvalue weighted by Gasteiger charge is -2.18. The van der Waals surface area contributed by atoms with Crippen LogP contribution >= 0.6 is 11.6 Å². The Morgan fingerprint density at radius 3 is 2.52 bits per heavy atom. The Morgan fingerprint density at radius 1 is 1.02 bits per heavy atom. The molecule has 0 aliphatic carbocycles. The lowest BCUT2D eigenvalue weighted by Crippen LogP contribution is -2.14. The Morgan fingerprint density at radius 2 is 1.77 bits per heavy atom. The predicted octanol–water partition coefficient (Wildman–Crippen LogP) is 7.57. The van der Waals surface area contributed by atoms with E-state index in [1.165, 1.54) is 6.20 Å². The lowest BCUT2D eigenvalue weighted by molar-refractivity contribution is -0.131. The van der Waals surface area contributed by atoms with Gasteiger partial charge in [-0.15, -0.1) is 6.42 Å². The average molecular weight is 609 g/mol. The van der Waals surface area contributed by atoms with Crippen molar-refractivity contribution in [1.82, 2.24) is 4.98 Å². The number of halogens is 1. The number of ether oxygens (including phenoxy) is 3. The van der Waals surface area contributed by atoms with E-state index in [4.69, 9.17) is 34.1 Å². The number of hydrogen-bond donors (Lipinski definition) is 1. The molecule has 1 heterocycles. The number of hydrogen-bond acceptors (Lipinski definition) is 6. The van der Waals surface area contributed by atoms with Crippen molar-refractivity contribution >= 4 is 23.8 Å². The summed E-state index contributed by atoms with van der Waals surface area (Å²) in [5.74, 6) is 3.79. The maximum atomic E-state index is 10.4. The van der Waals surface area contributed by atoms with Gasteiger partial charge in [0, 0.05) is 24.0 Å². The molecule has 44 heavy (non-hydrogen) atoms. The Kier molecular flexibility index (Phi) is 11.4. The summed E-state index contributed by atoms with van der Waals surface area (Å²) in [6, 6.07) is 17.4. The smallest absolute Gasteiger partial charge is 0.293 e. The maximum Gasteiger partial charge on any atom is 0.293 e. The summed E-state index contributed by atoms with van der Waals surface area (Å²) in [6.07, 6.45) is 9.70. The van der Waals surface area contributed by atoms with Gasteiger partial charge in [0.1, 0.15) is 31.3 Å². The minimum atomic E-state index is -0.762. The number of carbonyl (C=O) groups is 1. The first-order valence-corrected chi connectivity index (χ1v) is 14.5. The average Bonchev–Trinajstić information content (AvgIpc) is 3.03. The fourth-order valence-corrected chi connectivity index (χ4v) is 5.16. The van der Waals surface area contributed by atoms with Crippen molar-refractivity contribution in [1.29, 1.82) is 0 Å². The summed E-state index contributed by atoms with van der Waals surface area (Å²) < 4.78 is 17.1. The van der Waals surface area contributed by atoms with Gasteiger partial charge in [0.2, 0.25) is 5.69 Å². The Balaban J connectivity index is 1.56. The van der Waals surface area contributed by atoms with E-state index in [1.54, 1.807) is 18.3 Å². The van der Waals surface area contributed by atoms with E-state index in [0.29, 0.717) is 47.9 Å². The van der Waals surface area contributed by atoms with Crippen molar-refractivity contribution in [2.75, 3.05) is 6.61 Å². The van der Waals surface area contributed by atoms with Crippen molar-refractivity contribution in [2.45, 2.75) is 52.4 Å². The zero-order valence-corrected chi connectivity index (χ0v) is 25.4. The Hall–Kier alpha value is -4.82. The number of aromatic nitrogens is 1. The topological polar surface area (TPSA) is 82.2 Å². The van der Waals surface area contributed by atoms with E-state index in [2.05, 4.69) is 39.5 Å². The molecule has 0 bridgehead atoms. The van der Waals surface area contributed by atoms with Crippen LogP contribution in [0.4, 0.5) is 5.69 Å². The fourth-order valence-electron chi connectivity index (χ4n) is 4.92. The highest BCUT2D eigenvalue weighted by Crippen LogP contribution is 2.36. The number of terminal acetylenes is 1. The number of benzene rings is 3. The zero-order valence-electron chi connectivity index (χ0n) is 24.7. The summed E-state index contributed by atoms with van der Waals surface area (Å²) >= 11 is 6.70. The third-order valence-corrected chi connectivity index (χ3v) is 7.66. The molecule has 4 rings (SSSR count). The molecule has 0 saturated carbocycles. The standard InChI is InChI=1S/C36H33ClN2O5/c1-5-27-9-7-13-32(24(27)2)33-14-8-11-29(25(33)3)21-44-36-17-35(43-20-26-15-30(38-4)19-39-18-26)28(16-34(36)37)10-6-12-31(41)22-42-23-40/h1,7-9,11,13-19,23,31,41H,6,10,12,20-22H2,2-3H3/t31-/m1/s1. The van der Waals surface area contributed by atoms with Crippen molar-refractivity contribution in [3.63, 3.8) is 0 Å². The van der Waals surface area contributed by atoms with Gasteiger partial charge in [-0.25, -0.2) is 4.85 Å². The van der Waals surface area contributed by atoms with Gasteiger partial charge in [-0.3, -0.25) is 9.78 Å². The van der Waals surface area contributed by atoms with E-state index >= 15 is 0 Å². The molecule has 224 valence electrons. The van der Waals surface area contributed by atoms with Gasteiger partial charge < -0.3 is 19.3 Å². The van der Waals surface area contributed by atoms with E-state index in [1.807, 2.05) is 37.3 Å². The fraction of sp³-hybridized carbons (Fsp3) is 0.250. The first-order chi connectivity index (χ1) is 21.3. The number of aliphatic hydroxyl groups is 1. The summed E-state index contributed by atoms with van der Waals surface area (Å²) in [5.41, 5.74) is 8.18. The summed E-state index contributed by atoms with van der Waals surface area (Å²) in [5, 5.41) is 10.5. The Bertz CT molecular complexity index is 1710. The lowest BCUT2D eigenvalue weighted by atomic mass is 9.92. The van der Waals surface area contributed by atoms with Gasteiger partial charge in [0.15, 0.2) is 0 Å². The van der Waals surface area contributed by atoms with Crippen LogP contribution in [-0.2, 0) is 29.2 Å². The van der Waals surface area contributed by atoms with E-state index in [0.717, 1.165) is 44.5 Å². The van der Waals surface area contributed by atoms with Crippen molar-refractivity contribution < 1.29 is 24.1 Å². The van der Waals surface area contributed by atoms with Crippen LogP contribution in [0.5, 0.6) is 11.5 Å². The van der Waals surface area contributed by atoms with E-state index < -0.39 is 6.10 Å². The van der Waals surface area contributed by atoms with E-state index in [-0.39, 0.29) is 19.8 Å². The second kappa shape index (κ2) is 15.6. The molecular weight excluding hydrogens is 576 g/mol. The van der Waals surface area contributed by atoms with Crippen LogP contribution < -0.4 is 9.47 Å². The number of pyridine rings is 1. The monoisotopic (exact) mass is 608 g/mol. The van der Waals surface area contributed by atoms with Crippen LogP contribution in [0.2, 0.25) is 5.02 Å². The van der Waals surface area contributed by atoms with Crippen LogP contribution in [0, 0.1) is 32.8 Å². The quantitative estimate of drug-likeness (QED) is 0.0903. The molecule has 1 N–H and O–H groups in total. The molecule has 0 aliphatic rings. The van der Waals surface area contributed by atoms with E-state index in [9.17, 15) is 9.90 Å². The van der Waals surface area contributed by atoms with Crippen LogP contribution in [0.25, 0.3) is 16.0 Å². The second-order valence-electron chi connectivity index (χ2n) is 10.3. The molecule has 0 amide bonds. The number of rotatable bonds is 14. The molecule has 4 aromatic rings. The van der Waals surface area contributed by atoms with Crippen molar-refractivity contribution in [3.05, 3.63) is 117 Å². The van der Waals surface area contributed by atoms with Crippen molar-refractivity contribution in [3.8, 4) is 35.0 Å². The number of aliphatic hydroxyl groups excluding tert-OH is 1. The van der Waals surface area contributed by atoms with Gasteiger partial charge >= 0.3 is 0 Å². The third kappa shape index (κ3) is 8.17. The van der Waals surface area contributed by atoms with Gasteiger partial charge in [0.05, 0.1) is 17.7 Å². The minimum Gasteiger partial charge on any atom is -0.488 e. The Labute approximate surface area is 263 Å². The second-order valence-corrected chi connectivity index (χ2v) is 10.7. The highest BCUT2D eigenvalue weighted by atomic mass is 35.5. The summed E-state index contributed by atoms with van der Waals surface area (Å²) in [7, 11) is 0. The first kappa shape index (κ1) is 32.1. The molecule has 0 radical (unpaired) electrons. The predicted molar refractivity (Wildman–Crippen MR) is 171 cm³/mol. The first-order valence-electron chi connectivity index (χ1n) is 14.1. The molecule has 7 nitrogen and oxygen atoms in total.